The summed E-state index contributed by atoms with van der Waals surface area (Å²) in [4.78, 5) is 23.6. The second kappa shape index (κ2) is 6.78. The van der Waals surface area contributed by atoms with Gasteiger partial charge in [-0.05, 0) is 55.0 Å². The number of nitrogens with zero attached hydrogens (tertiary/aromatic N) is 6. The molecule has 6 heterocycles. The fourth-order valence-electron chi connectivity index (χ4n) is 5.08. The number of H-pyrrole nitrogens is 1. The predicted octanol–water partition coefficient (Wildman–Crippen LogP) is 3.68. The minimum atomic E-state index is -0.354. The van der Waals surface area contributed by atoms with Crippen LogP contribution in [0, 0.1) is 6.92 Å². The van der Waals surface area contributed by atoms with E-state index in [1.807, 2.05) is 32.3 Å². The number of fused-ring (bicyclic) bond motifs is 3. The van der Waals surface area contributed by atoms with E-state index in [9.17, 15) is 4.79 Å². The third kappa shape index (κ3) is 2.83. The third-order valence-electron chi connectivity index (χ3n) is 7.02. The van der Waals surface area contributed by atoms with Crippen molar-refractivity contribution in [2.24, 2.45) is 0 Å². The SMILES string of the molecule is Cc1cccn2nc(C3c4nc[nH]c4CCN3C(=O)c3cnn4cc(C5CC5)ccc34)cc12. The quantitative estimate of drug-likeness (QED) is 0.467. The molecule has 1 fully saturated rings. The molecule has 0 saturated heterocycles. The first-order chi connectivity index (χ1) is 16.2. The van der Waals surface area contributed by atoms with E-state index < -0.39 is 0 Å². The lowest BCUT2D eigenvalue weighted by Crippen LogP contribution is -2.41. The van der Waals surface area contributed by atoms with E-state index in [0.717, 1.165) is 40.1 Å². The van der Waals surface area contributed by atoms with Crippen LogP contribution in [0.25, 0.3) is 11.0 Å². The van der Waals surface area contributed by atoms with Gasteiger partial charge in [-0.15, -0.1) is 0 Å². The Morgan fingerprint density at radius 1 is 1.15 bits per heavy atom. The van der Waals surface area contributed by atoms with Crippen LogP contribution in [0.3, 0.4) is 0 Å². The summed E-state index contributed by atoms with van der Waals surface area (Å²) < 4.78 is 3.72. The lowest BCUT2D eigenvalue weighted by atomic mass is 9.98. The van der Waals surface area contributed by atoms with Crippen LogP contribution in [0.1, 0.15) is 63.4 Å². The number of hydrogen-bond donors (Lipinski definition) is 1. The number of pyridine rings is 2. The highest BCUT2D eigenvalue weighted by Crippen LogP contribution is 2.40. The van der Waals surface area contributed by atoms with E-state index in [0.29, 0.717) is 18.0 Å². The summed E-state index contributed by atoms with van der Waals surface area (Å²) in [7, 11) is 0. The molecule has 1 aliphatic heterocycles. The van der Waals surface area contributed by atoms with Crippen molar-refractivity contribution in [1.82, 2.24) is 34.1 Å². The van der Waals surface area contributed by atoms with Gasteiger partial charge in [0.05, 0.1) is 40.5 Å². The maximum absolute atomic E-state index is 13.9. The van der Waals surface area contributed by atoms with Gasteiger partial charge in [-0.25, -0.2) is 14.0 Å². The number of nitrogens with one attached hydrogen (secondary N) is 1. The molecular formula is C25H23N7O. The molecule has 1 saturated carbocycles. The zero-order chi connectivity index (χ0) is 22.1. The number of hydrogen-bond acceptors (Lipinski definition) is 4. The van der Waals surface area contributed by atoms with Crippen LogP contribution >= 0.6 is 0 Å². The minimum Gasteiger partial charge on any atom is -0.348 e. The van der Waals surface area contributed by atoms with Gasteiger partial charge in [0.15, 0.2) is 0 Å². The largest absolute Gasteiger partial charge is 0.348 e. The highest BCUT2D eigenvalue weighted by Gasteiger charge is 2.37. The van der Waals surface area contributed by atoms with Crippen molar-refractivity contribution in [3.63, 3.8) is 0 Å². The van der Waals surface area contributed by atoms with Crippen LogP contribution in [-0.2, 0) is 6.42 Å². The smallest absolute Gasteiger partial charge is 0.258 e. The Labute approximate surface area is 189 Å². The molecule has 0 spiro atoms. The minimum absolute atomic E-state index is 0.0448. The molecule has 2 aliphatic rings. The Kier molecular flexibility index (Phi) is 3.82. The Hall–Kier alpha value is -3.94. The van der Waals surface area contributed by atoms with Gasteiger partial charge in [-0.1, -0.05) is 12.1 Å². The summed E-state index contributed by atoms with van der Waals surface area (Å²) in [6.07, 6.45) is 10.6. The first-order valence-electron chi connectivity index (χ1n) is 11.4. The molecule has 1 amide bonds. The van der Waals surface area contributed by atoms with Crippen LogP contribution in [0.5, 0.6) is 0 Å². The molecule has 1 N–H and O–H groups in total. The highest BCUT2D eigenvalue weighted by molar-refractivity contribution is 6.01. The Morgan fingerprint density at radius 3 is 2.91 bits per heavy atom. The fraction of sp³-hybridized carbons (Fsp3) is 0.280. The molecule has 0 aromatic carbocycles. The van der Waals surface area contributed by atoms with Crippen LogP contribution < -0.4 is 0 Å². The average Bonchev–Trinajstić information content (AvgIpc) is 3.22. The monoisotopic (exact) mass is 437 g/mol. The molecule has 7 rings (SSSR count). The summed E-state index contributed by atoms with van der Waals surface area (Å²) in [5, 5.41) is 9.35. The van der Waals surface area contributed by atoms with Crippen molar-refractivity contribution in [1.29, 1.82) is 0 Å². The van der Waals surface area contributed by atoms with Gasteiger partial charge in [0, 0.05) is 31.1 Å². The number of imidazole rings is 1. The maximum atomic E-state index is 13.9. The van der Waals surface area contributed by atoms with Crippen molar-refractivity contribution in [2.75, 3.05) is 6.54 Å². The van der Waals surface area contributed by atoms with Crippen LogP contribution in [-0.4, -0.2) is 46.5 Å². The van der Waals surface area contributed by atoms with Crippen molar-refractivity contribution < 1.29 is 4.79 Å². The standard InChI is InChI=1S/C25H23N7O/c1-15-3-2-9-31-22(15)11-20(29-31)24-23-19(26-14-27-23)8-10-30(24)25(33)18-12-28-32-13-17(16-4-5-16)6-7-21(18)32/h2-3,6-7,9,11-14,16,24H,4-5,8,10H2,1H3,(H,26,27). The lowest BCUT2D eigenvalue weighted by Gasteiger charge is -2.33. The first-order valence-corrected chi connectivity index (χ1v) is 11.4. The number of rotatable bonds is 3. The van der Waals surface area contributed by atoms with Crippen LogP contribution in [0.15, 0.2) is 55.2 Å². The molecule has 8 nitrogen and oxygen atoms in total. The topological polar surface area (TPSA) is 83.6 Å². The van der Waals surface area contributed by atoms with Gasteiger partial charge >= 0.3 is 0 Å². The molecule has 1 atom stereocenters. The molecule has 1 aliphatic carbocycles. The molecule has 0 bridgehead atoms. The number of amides is 1. The number of aromatic amines is 1. The third-order valence-corrected chi connectivity index (χ3v) is 7.02. The number of aryl methyl sites for hydroxylation is 1. The van der Waals surface area contributed by atoms with Gasteiger partial charge in [0.25, 0.3) is 5.91 Å². The average molecular weight is 438 g/mol. The normalized spacial score (nSPS) is 18.2. The van der Waals surface area contributed by atoms with Crippen molar-refractivity contribution in [2.45, 2.75) is 38.1 Å². The van der Waals surface area contributed by atoms with E-state index in [-0.39, 0.29) is 11.9 Å². The van der Waals surface area contributed by atoms with Gasteiger partial charge in [0.2, 0.25) is 0 Å². The molecule has 33 heavy (non-hydrogen) atoms. The molecule has 8 heteroatoms. The van der Waals surface area contributed by atoms with Gasteiger partial charge in [-0.3, -0.25) is 4.79 Å². The van der Waals surface area contributed by atoms with Crippen molar-refractivity contribution >= 4 is 16.9 Å². The van der Waals surface area contributed by atoms with Gasteiger partial charge < -0.3 is 9.88 Å². The molecular weight excluding hydrogens is 414 g/mol. The molecule has 0 radical (unpaired) electrons. The van der Waals surface area contributed by atoms with Crippen molar-refractivity contribution in [3.8, 4) is 0 Å². The maximum Gasteiger partial charge on any atom is 0.258 e. The summed E-state index contributed by atoms with van der Waals surface area (Å²) in [5.74, 6) is 0.595. The molecule has 1 unspecified atom stereocenters. The van der Waals surface area contributed by atoms with Gasteiger partial charge in [0.1, 0.15) is 6.04 Å². The van der Waals surface area contributed by atoms with Crippen LogP contribution in [0.2, 0.25) is 0 Å². The summed E-state index contributed by atoms with van der Waals surface area (Å²) in [6, 6.07) is 9.93. The first kappa shape index (κ1) is 18.6. The van der Waals surface area contributed by atoms with E-state index in [4.69, 9.17) is 5.10 Å². The van der Waals surface area contributed by atoms with E-state index in [1.165, 1.54) is 18.4 Å². The Morgan fingerprint density at radius 2 is 2.06 bits per heavy atom. The van der Waals surface area contributed by atoms with Gasteiger partial charge in [-0.2, -0.15) is 10.2 Å². The zero-order valence-corrected chi connectivity index (χ0v) is 18.3. The highest BCUT2D eigenvalue weighted by atomic mass is 16.2. The second-order valence-corrected chi connectivity index (χ2v) is 9.13. The summed E-state index contributed by atoms with van der Waals surface area (Å²) in [6.45, 7) is 2.66. The molecule has 5 aromatic rings. The predicted molar refractivity (Wildman–Crippen MR) is 122 cm³/mol. The molecule has 164 valence electrons. The van der Waals surface area contributed by atoms with E-state index >= 15 is 0 Å². The number of carbonyl (C=O) groups is 1. The second-order valence-electron chi connectivity index (χ2n) is 9.13. The molecule has 5 aromatic heterocycles. The Balaban J connectivity index is 1.33. The zero-order valence-electron chi connectivity index (χ0n) is 18.3. The van der Waals surface area contributed by atoms with Crippen molar-refractivity contribution in [3.05, 3.63) is 89.0 Å². The summed E-state index contributed by atoms with van der Waals surface area (Å²) >= 11 is 0. The number of carbonyl (C=O) groups excluding carboxylic acids is 1. The number of aromatic nitrogens is 6. The lowest BCUT2D eigenvalue weighted by molar-refractivity contribution is 0.0689. The Bertz CT molecular complexity index is 1540. The fourth-order valence-corrected chi connectivity index (χ4v) is 5.08. The summed E-state index contributed by atoms with van der Waals surface area (Å²) in [5.41, 5.74) is 7.66. The van der Waals surface area contributed by atoms with E-state index in [2.05, 4.69) is 46.4 Å². The van der Waals surface area contributed by atoms with Crippen LogP contribution in [0.4, 0.5) is 0 Å². The van der Waals surface area contributed by atoms with E-state index in [1.54, 1.807) is 12.5 Å².